The Morgan fingerprint density at radius 2 is 2.05 bits per heavy atom. The van der Waals surface area contributed by atoms with E-state index in [2.05, 4.69) is 20.7 Å². The van der Waals surface area contributed by atoms with Crippen molar-refractivity contribution in [3.05, 3.63) is 22.7 Å². The summed E-state index contributed by atoms with van der Waals surface area (Å²) in [6.07, 6.45) is -6.18. The number of hydrogen-bond donors (Lipinski definition) is 1. The van der Waals surface area contributed by atoms with E-state index in [1.165, 1.54) is 19.2 Å². The van der Waals surface area contributed by atoms with E-state index in [9.17, 15) is 18.0 Å². The molecule has 1 aromatic heterocycles. The van der Waals surface area contributed by atoms with Crippen LogP contribution in [0.3, 0.4) is 0 Å². The van der Waals surface area contributed by atoms with Crippen LogP contribution in [0, 0.1) is 0 Å². The smallest absolute Gasteiger partial charge is 0.465 e. The van der Waals surface area contributed by atoms with Crippen LogP contribution in [0.2, 0.25) is 0 Å². The Morgan fingerprint density at radius 1 is 1.40 bits per heavy atom. The molecule has 1 aromatic carbocycles. The number of rotatable bonds is 2. The molecule has 5 nitrogen and oxygen atoms in total. The lowest BCUT2D eigenvalue weighted by Crippen LogP contribution is -2.22. The van der Waals surface area contributed by atoms with Crippen molar-refractivity contribution < 1.29 is 32.2 Å². The summed E-state index contributed by atoms with van der Waals surface area (Å²) in [4.78, 5) is 11.5. The molecule has 1 heterocycles. The van der Waals surface area contributed by atoms with Crippen LogP contribution in [0.25, 0.3) is 11.0 Å². The van der Waals surface area contributed by atoms with Crippen molar-refractivity contribution in [1.82, 2.24) is 0 Å². The third-order valence-corrected chi connectivity index (χ3v) is 2.83. The summed E-state index contributed by atoms with van der Waals surface area (Å²) >= 11 is 3.05. The van der Waals surface area contributed by atoms with Gasteiger partial charge in [-0.1, -0.05) is 15.9 Å². The minimum Gasteiger partial charge on any atom is -0.465 e. The van der Waals surface area contributed by atoms with Crippen LogP contribution in [0.4, 0.5) is 23.8 Å². The number of benzene rings is 1. The van der Waals surface area contributed by atoms with Crippen LogP contribution in [-0.2, 0) is 0 Å². The van der Waals surface area contributed by atoms with Crippen LogP contribution in [-0.4, -0.2) is 24.6 Å². The zero-order valence-electron chi connectivity index (χ0n) is 9.86. The van der Waals surface area contributed by atoms with Crippen LogP contribution in [0.5, 0.6) is 5.75 Å². The number of anilines is 1. The molecular formula is C11H7BrF3NO4. The lowest BCUT2D eigenvalue weighted by atomic mass is 10.2. The molecule has 2 rings (SSSR count). The third-order valence-electron chi connectivity index (χ3n) is 2.38. The summed E-state index contributed by atoms with van der Waals surface area (Å²) in [5.74, 6) is -0.662. The molecule has 9 heteroatoms. The second-order valence-electron chi connectivity index (χ2n) is 3.80. The molecule has 0 atom stereocenters. The number of fused-ring (bicyclic) bond motifs is 1. The molecule has 0 radical (unpaired) electrons. The Kier molecular flexibility index (Phi) is 3.55. The zero-order valence-corrected chi connectivity index (χ0v) is 11.4. The lowest BCUT2D eigenvalue weighted by molar-refractivity contribution is -0.274. The summed E-state index contributed by atoms with van der Waals surface area (Å²) in [6, 6.07) is 3.88. The van der Waals surface area contributed by atoms with Gasteiger partial charge in [0.05, 0.1) is 0 Å². The van der Waals surface area contributed by atoms with Gasteiger partial charge in [-0.3, -0.25) is 4.90 Å². The summed E-state index contributed by atoms with van der Waals surface area (Å²) in [6.45, 7) is 0. The van der Waals surface area contributed by atoms with E-state index in [1.54, 1.807) is 0 Å². The van der Waals surface area contributed by atoms with Crippen LogP contribution >= 0.6 is 15.9 Å². The SMILES string of the molecule is CN(C(=O)O)c1cc2cc(Br)cc(OC(F)(F)F)c2o1. The van der Waals surface area contributed by atoms with E-state index in [0.29, 0.717) is 4.47 Å². The molecule has 0 bridgehead atoms. The van der Waals surface area contributed by atoms with Crippen molar-refractivity contribution in [2.75, 3.05) is 11.9 Å². The highest BCUT2D eigenvalue weighted by Gasteiger charge is 2.33. The average Bonchev–Trinajstić information content (AvgIpc) is 2.69. The van der Waals surface area contributed by atoms with Crippen molar-refractivity contribution in [3.63, 3.8) is 0 Å². The molecule has 0 saturated carbocycles. The van der Waals surface area contributed by atoms with Crippen LogP contribution in [0.1, 0.15) is 0 Å². The fourth-order valence-corrected chi connectivity index (χ4v) is 1.99. The molecule has 0 spiro atoms. The third kappa shape index (κ3) is 2.98. The molecule has 0 unspecified atom stereocenters. The number of amides is 1. The second kappa shape index (κ2) is 4.89. The minimum atomic E-state index is -4.88. The summed E-state index contributed by atoms with van der Waals surface area (Å²) in [5, 5.41) is 9.10. The topological polar surface area (TPSA) is 62.9 Å². The Bertz CT molecular complexity index is 667. The van der Waals surface area contributed by atoms with Crippen molar-refractivity contribution in [2.24, 2.45) is 0 Å². The van der Waals surface area contributed by atoms with Gasteiger partial charge < -0.3 is 14.3 Å². The van der Waals surface area contributed by atoms with Gasteiger partial charge in [0.1, 0.15) is 0 Å². The van der Waals surface area contributed by atoms with Gasteiger partial charge in [-0.2, -0.15) is 0 Å². The van der Waals surface area contributed by atoms with E-state index in [4.69, 9.17) is 9.52 Å². The van der Waals surface area contributed by atoms with Gasteiger partial charge in [-0.05, 0) is 12.1 Å². The Balaban J connectivity index is 2.55. The molecule has 0 fully saturated rings. The number of nitrogens with zero attached hydrogens (tertiary/aromatic N) is 1. The van der Waals surface area contributed by atoms with Gasteiger partial charge in [-0.25, -0.2) is 4.79 Å². The molecule has 0 saturated heterocycles. The van der Waals surface area contributed by atoms with Gasteiger partial charge in [-0.15, -0.1) is 13.2 Å². The first kappa shape index (κ1) is 14.5. The average molecular weight is 354 g/mol. The van der Waals surface area contributed by atoms with E-state index in [-0.39, 0.29) is 16.9 Å². The lowest BCUT2D eigenvalue weighted by Gasteiger charge is -2.10. The molecule has 1 N–H and O–H groups in total. The molecular weight excluding hydrogens is 347 g/mol. The monoisotopic (exact) mass is 353 g/mol. The van der Waals surface area contributed by atoms with Crippen molar-refractivity contribution in [3.8, 4) is 5.75 Å². The molecule has 0 aliphatic rings. The number of carbonyl (C=O) groups is 1. The maximum Gasteiger partial charge on any atom is 0.573 e. The van der Waals surface area contributed by atoms with Gasteiger partial charge in [0, 0.05) is 23.0 Å². The number of carboxylic acid groups (broad SMARTS) is 1. The highest BCUT2D eigenvalue weighted by Crippen LogP contribution is 2.37. The van der Waals surface area contributed by atoms with E-state index in [0.717, 1.165) is 11.0 Å². The Labute approximate surface area is 118 Å². The number of ether oxygens (including phenoxy) is 1. The second-order valence-corrected chi connectivity index (χ2v) is 4.71. The normalized spacial score (nSPS) is 11.7. The Morgan fingerprint density at radius 3 is 2.60 bits per heavy atom. The fourth-order valence-electron chi connectivity index (χ4n) is 1.53. The largest absolute Gasteiger partial charge is 0.573 e. The highest BCUT2D eigenvalue weighted by molar-refractivity contribution is 9.10. The Hall–Kier alpha value is -1.90. The maximum absolute atomic E-state index is 12.3. The van der Waals surface area contributed by atoms with Gasteiger partial charge in [0.2, 0.25) is 5.88 Å². The maximum atomic E-state index is 12.3. The van der Waals surface area contributed by atoms with Crippen molar-refractivity contribution in [2.45, 2.75) is 6.36 Å². The fraction of sp³-hybridized carbons (Fsp3) is 0.182. The predicted molar refractivity (Wildman–Crippen MR) is 67.0 cm³/mol. The van der Waals surface area contributed by atoms with E-state index < -0.39 is 18.2 Å². The number of hydrogen-bond acceptors (Lipinski definition) is 3. The van der Waals surface area contributed by atoms with Crippen LogP contribution < -0.4 is 9.64 Å². The first-order chi connectivity index (χ1) is 9.17. The van der Waals surface area contributed by atoms with E-state index in [1.807, 2.05) is 0 Å². The van der Waals surface area contributed by atoms with E-state index >= 15 is 0 Å². The molecule has 2 aromatic rings. The first-order valence-corrected chi connectivity index (χ1v) is 5.92. The summed E-state index contributed by atoms with van der Waals surface area (Å²) in [7, 11) is 1.21. The number of halogens is 4. The van der Waals surface area contributed by atoms with Crippen LogP contribution in [0.15, 0.2) is 27.1 Å². The minimum absolute atomic E-state index is 0.113. The summed E-state index contributed by atoms with van der Waals surface area (Å²) in [5.41, 5.74) is -0.186. The molecule has 1 amide bonds. The zero-order chi connectivity index (χ0) is 15.1. The van der Waals surface area contributed by atoms with Gasteiger partial charge in [0.25, 0.3) is 0 Å². The molecule has 0 aliphatic carbocycles. The molecule has 108 valence electrons. The number of furan rings is 1. The number of alkyl halides is 3. The highest BCUT2D eigenvalue weighted by atomic mass is 79.9. The molecule has 20 heavy (non-hydrogen) atoms. The first-order valence-electron chi connectivity index (χ1n) is 5.13. The standard InChI is InChI=1S/C11H7BrF3NO4/c1-16(10(17)18)8-3-5-2-6(12)4-7(9(5)19-8)20-11(13,14)15/h2-4H,1H3,(H,17,18). The van der Waals surface area contributed by atoms with Gasteiger partial charge in [0.15, 0.2) is 11.3 Å². The predicted octanol–water partition coefficient (Wildman–Crippen LogP) is 4.21. The summed E-state index contributed by atoms with van der Waals surface area (Å²) < 4.78 is 46.3. The van der Waals surface area contributed by atoms with Gasteiger partial charge >= 0.3 is 12.5 Å². The van der Waals surface area contributed by atoms with Crippen molar-refractivity contribution in [1.29, 1.82) is 0 Å². The quantitative estimate of drug-likeness (QED) is 0.878. The van der Waals surface area contributed by atoms with Crippen molar-refractivity contribution >= 4 is 38.9 Å². The molecule has 0 aliphatic heterocycles.